The van der Waals surface area contributed by atoms with E-state index in [1.165, 1.54) is 49.4 Å². The molecule has 0 nitrogen and oxygen atoms in total. The van der Waals surface area contributed by atoms with Gasteiger partial charge in [-0.25, -0.2) is 0 Å². The Labute approximate surface area is 97.0 Å². The molecule has 0 heterocycles. The molecule has 0 spiro atoms. The fourth-order valence-electron chi connectivity index (χ4n) is 3.36. The maximum Gasteiger partial charge on any atom is -0.0243 e. The normalized spacial score (nSPS) is 39.0. The van der Waals surface area contributed by atoms with E-state index in [-0.39, 0.29) is 0 Å². The Morgan fingerprint density at radius 3 is 2.20 bits per heavy atom. The number of rotatable bonds is 7. The molecule has 0 aromatic heterocycles. The van der Waals surface area contributed by atoms with Crippen LogP contribution in [0.25, 0.3) is 0 Å². The quantitative estimate of drug-likeness (QED) is 0.557. The second kappa shape index (κ2) is 4.74. The van der Waals surface area contributed by atoms with Gasteiger partial charge in [-0.15, -0.1) is 7.92 Å². The SMILES string of the molecule is CCCC1C2C(CCCC(C)P(C)C)C12. The molecule has 0 N–H and O–H groups in total. The van der Waals surface area contributed by atoms with E-state index in [1.807, 2.05) is 0 Å². The van der Waals surface area contributed by atoms with Gasteiger partial charge < -0.3 is 0 Å². The molecule has 3 atom stereocenters. The second-order valence-corrected chi connectivity index (χ2v) is 8.82. The minimum Gasteiger partial charge on any atom is -0.110 e. The molecule has 3 unspecified atom stereocenters. The fourth-order valence-corrected chi connectivity index (χ4v) is 4.06. The molecule has 0 radical (unpaired) electrons. The Morgan fingerprint density at radius 1 is 1.07 bits per heavy atom. The smallest absolute Gasteiger partial charge is 0.0243 e. The van der Waals surface area contributed by atoms with Gasteiger partial charge in [-0.1, -0.05) is 33.1 Å². The first-order valence-electron chi connectivity index (χ1n) is 6.83. The van der Waals surface area contributed by atoms with Gasteiger partial charge in [0.25, 0.3) is 0 Å². The summed E-state index contributed by atoms with van der Waals surface area (Å²) in [5.74, 6) is 4.80. The molecule has 88 valence electrons. The molecule has 2 aliphatic rings. The summed E-state index contributed by atoms with van der Waals surface area (Å²) in [7, 11) is 0.313. The van der Waals surface area contributed by atoms with Crippen molar-refractivity contribution in [2.75, 3.05) is 13.3 Å². The van der Waals surface area contributed by atoms with Crippen molar-refractivity contribution in [3.8, 4) is 0 Å². The lowest BCUT2D eigenvalue weighted by atomic mass is 9.96. The first-order chi connectivity index (χ1) is 7.16. The van der Waals surface area contributed by atoms with Gasteiger partial charge >= 0.3 is 0 Å². The minimum atomic E-state index is 0.313. The highest BCUT2D eigenvalue weighted by atomic mass is 31.1. The Bertz CT molecular complexity index is 201. The summed E-state index contributed by atoms with van der Waals surface area (Å²) in [4.78, 5) is 0. The molecule has 2 fully saturated rings. The molecule has 0 aliphatic heterocycles. The van der Waals surface area contributed by atoms with Crippen LogP contribution in [0.4, 0.5) is 0 Å². The average molecular weight is 226 g/mol. The molecule has 2 rings (SSSR count). The van der Waals surface area contributed by atoms with Crippen molar-refractivity contribution >= 4 is 7.92 Å². The summed E-state index contributed by atoms with van der Waals surface area (Å²) >= 11 is 0. The molecule has 0 aromatic rings. The molecule has 0 bridgehead atoms. The van der Waals surface area contributed by atoms with Gasteiger partial charge in [0.15, 0.2) is 0 Å². The molecule has 2 saturated carbocycles. The molecular formula is C14H27P. The summed E-state index contributed by atoms with van der Waals surface area (Å²) < 4.78 is 0. The van der Waals surface area contributed by atoms with Crippen LogP contribution in [0.1, 0.15) is 46.0 Å². The fraction of sp³-hybridized carbons (Fsp3) is 1.00. The zero-order valence-corrected chi connectivity index (χ0v) is 11.8. The lowest BCUT2D eigenvalue weighted by Gasteiger charge is -2.17. The number of hydrogen-bond acceptors (Lipinski definition) is 0. The Balaban J connectivity index is 1.49. The molecule has 0 saturated heterocycles. The first-order valence-corrected chi connectivity index (χ1v) is 9.13. The van der Waals surface area contributed by atoms with E-state index < -0.39 is 0 Å². The predicted octanol–water partition coefficient (Wildman–Crippen LogP) is 4.58. The van der Waals surface area contributed by atoms with Crippen LogP contribution in [0.5, 0.6) is 0 Å². The van der Waals surface area contributed by atoms with Gasteiger partial charge in [-0.2, -0.15) is 0 Å². The number of fused-ring (bicyclic) bond motifs is 1. The van der Waals surface area contributed by atoms with Crippen molar-refractivity contribution < 1.29 is 0 Å². The summed E-state index contributed by atoms with van der Waals surface area (Å²) in [5, 5.41) is 0. The van der Waals surface area contributed by atoms with Crippen molar-refractivity contribution in [2.24, 2.45) is 23.7 Å². The maximum absolute atomic E-state index is 2.44. The molecule has 15 heavy (non-hydrogen) atoms. The largest absolute Gasteiger partial charge is 0.110 e. The third kappa shape index (κ3) is 2.57. The molecule has 1 heteroatoms. The van der Waals surface area contributed by atoms with Gasteiger partial charge in [0.05, 0.1) is 0 Å². The summed E-state index contributed by atoms with van der Waals surface area (Å²) in [6.45, 7) is 9.62. The molecule has 0 aromatic carbocycles. The second-order valence-electron chi connectivity index (χ2n) is 6.01. The van der Waals surface area contributed by atoms with Crippen molar-refractivity contribution in [3.63, 3.8) is 0 Å². The van der Waals surface area contributed by atoms with Gasteiger partial charge in [-0.3, -0.25) is 0 Å². The van der Waals surface area contributed by atoms with Gasteiger partial charge in [0.2, 0.25) is 0 Å². The van der Waals surface area contributed by atoms with E-state index in [0.29, 0.717) is 7.92 Å². The van der Waals surface area contributed by atoms with Crippen LogP contribution in [0.15, 0.2) is 0 Å². The van der Waals surface area contributed by atoms with Crippen molar-refractivity contribution in [1.82, 2.24) is 0 Å². The first kappa shape index (κ1) is 11.9. The summed E-state index contributed by atoms with van der Waals surface area (Å²) in [6.07, 6.45) is 7.50. The van der Waals surface area contributed by atoms with Crippen molar-refractivity contribution in [3.05, 3.63) is 0 Å². The van der Waals surface area contributed by atoms with Crippen LogP contribution in [-0.4, -0.2) is 19.0 Å². The van der Waals surface area contributed by atoms with E-state index in [1.54, 1.807) is 6.42 Å². The van der Waals surface area contributed by atoms with E-state index in [2.05, 4.69) is 27.2 Å². The summed E-state index contributed by atoms with van der Waals surface area (Å²) in [5.41, 5.74) is 1.00. The summed E-state index contributed by atoms with van der Waals surface area (Å²) in [6, 6.07) is 0. The van der Waals surface area contributed by atoms with Gasteiger partial charge in [0, 0.05) is 0 Å². The van der Waals surface area contributed by atoms with Crippen LogP contribution >= 0.6 is 7.92 Å². The predicted molar refractivity (Wildman–Crippen MR) is 70.9 cm³/mol. The molecule has 0 amide bonds. The zero-order valence-electron chi connectivity index (χ0n) is 10.9. The van der Waals surface area contributed by atoms with E-state index >= 15 is 0 Å². The Morgan fingerprint density at radius 2 is 1.67 bits per heavy atom. The van der Waals surface area contributed by atoms with Gasteiger partial charge in [-0.05, 0) is 55.5 Å². The van der Waals surface area contributed by atoms with Gasteiger partial charge in [0.1, 0.15) is 0 Å². The van der Waals surface area contributed by atoms with Crippen LogP contribution in [0, 0.1) is 23.7 Å². The zero-order chi connectivity index (χ0) is 11.0. The topological polar surface area (TPSA) is 0 Å². The average Bonchev–Trinajstić information content (AvgIpc) is 3.05. The van der Waals surface area contributed by atoms with Crippen LogP contribution in [0.2, 0.25) is 0 Å². The van der Waals surface area contributed by atoms with Crippen LogP contribution in [-0.2, 0) is 0 Å². The Hall–Kier alpha value is 0.430. The van der Waals surface area contributed by atoms with E-state index in [0.717, 1.165) is 5.66 Å². The van der Waals surface area contributed by atoms with Crippen LogP contribution < -0.4 is 0 Å². The maximum atomic E-state index is 2.44. The van der Waals surface area contributed by atoms with Crippen LogP contribution in [0.3, 0.4) is 0 Å². The van der Waals surface area contributed by atoms with E-state index in [9.17, 15) is 0 Å². The highest BCUT2D eigenvalue weighted by Crippen LogP contribution is 2.75. The Kier molecular flexibility index (Phi) is 3.76. The number of hydrogen-bond donors (Lipinski definition) is 0. The third-order valence-electron chi connectivity index (χ3n) is 4.80. The highest BCUT2D eigenvalue weighted by Gasteiger charge is 2.70. The lowest BCUT2D eigenvalue weighted by Crippen LogP contribution is -2.03. The minimum absolute atomic E-state index is 0.313. The standard InChI is InChI=1S/C14H27P/c1-5-7-11-13-12(14(11)13)9-6-8-10(2)15(3)4/h10-14H,5-9H2,1-4H3. The van der Waals surface area contributed by atoms with E-state index in [4.69, 9.17) is 0 Å². The van der Waals surface area contributed by atoms with Crippen molar-refractivity contribution in [1.29, 1.82) is 0 Å². The molecular weight excluding hydrogens is 199 g/mol. The lowest BCUT2D eigenvalue weighted by molar-refractivity contribution is 0.411. The third-order valence-corrected chi connectivity index (χ3v) is 6.82. The van der Waals surface area contributed by atoms with Crippen molar-refractivity contribution in [2.45, 2.75) is 51.6 Å². The monoisotopic (exact) mass is 226 g/mol. The molecule has 2 aliphatic carbocycles. The highest BCUT2D eigenvalue weighted by molar-refractivity contribution is 7.56.